The normalized spacial score (nSPS) is 14.8. The van der Waals surface area contributed by atoms with Gasteiger partial charge in [-0.05, 0) is 52.4 Å². The fourth-order valence-electron chi connectivity index (χ4n) is 3.85. The first kappa shape index (κ1) is 25.2. The number of benzene rings is 4. The van der Waals surface area contributed by atoms with Crippen LogP contribution in [0.15, 0.2) is 101 Å². The van der Waals surface area contributed by atoms with Gasteiger partial charge in [-0.25, -0.2) is 0 Å². The van der Waals surface area contributed by atoms with Crippen LogP contribution in [0.25, 0.3) is 16.8 Å². The zero-order valence-electron chi connectivity index (χ0n) is 19.5. The van der Waals surface area contributed by atoms with E-state index in [0.29, 0.717) is 22.9 Å². The molecule has 0 saturated carbocycles. The fourth-order valence-corrected chi connectivity index (χ4v) is 5.67. The number of nitro benzene ring substituents is 1. The van der Waals surface area contributed by atoms with Gasteiger partial charge in [0.05, 0.1) is 16.4 Å². The lowest BCUT2D eigenvalue weighted by Gasteiger charge is -2.12. The monoisotopic (exact) mass is 546 g/mol. The highest BCUT2D eigenvalue weighted by molar-refractivity contribution is 8.18. The molecule has 1 aliphatic heterocycles. The van der Waals surface area contributed by atoms with E-state index in [4.69, 9.17) is 4.18 Å². The van der Waals surface area contributed by atoms with Crippen molar-refractivity contribution in [3.8, 4) is 5.75 Å². The van der Waals surface area contributed by atoms with Crippen LogP contribution in [0.4, 0.5) is 10.5 Å². The summed E-state index contributed by atoms with van der Waals surface area (Å²) in [7, 11) is -4.19. The molecule has 0 radical (unpaired) electrons. The van der Waals surface area contributed by atoms with Gasteiger partial charge < -0.3 is 4.18 Å². The van der Waals surface area contributed by atoms with Crippen molar-refractivity contribution in [3.05, 3.63) is 117 Å². The Morgan fingerprint density at radius 1 is 0.895 bits per heavy atom. The van der Waals surface area contributed by atoms with E-state index in [1.54, 1.807) is 30.3 Å². The summed E-state index contributed by atoms with van der Waals surface area (Å²) in [6, 6.07) is 23.9. The molecule has 1 heterocycles. The molecule has 38 heavy (non-hydrogen) atoms. The van der Waals surface area contributed by atoms with Crippen molar-refractivity contribution in [2.75, 3.05) is 0 Å². The Kier molecular flexibility index (Phi) is 6.70. The maximum atomic E-state index is 13.1. The predicted octanol–water partition coefficient (Wildman–Crippen LogP) is 5.75. The maximum Gasteiger partial charge on any atom is 0.339 e. The summed E-state index contributed by atoms with van der Waals surface area (Å²) in [5.41, 5.74) is 0.750. The highest BCUT2D eigenvalue weighted by Crippen LogP contribution is 2.35. The standard InChI is InChI=1S/C27H18N2O7S2/c30-26-25(37-27(31)28(26)17-18-9-12-22(13-10-18)29(32)33)16-21-7-3-4-8-24(21)36-38(34,35)23-14-11-19-5-1-2-6-20(19)15-23/h1-16H,17H2/b25-16-. The second-order valence-corrected chi connectivity index (χ2v) is 10.8. The summed E-state index contributed by atoms with van der Waals surface area (Å²) < 4.78 is 31.6. The lowest BCUT2D eigenvalue weighted by molar-refractivity contribution is -0.384. The van der Waals surface area contributed by atoms with Gasteiger partial charge in [-0.2, -0.15) is 8.42 Å². The van der Waals surface area contributed by atoms with Crippen LogP contribution >= 0.6 is 11.8 Å². The molecule has 1 fully saturated rings. The molecular weight excluding hydrogens is 528 g/mol. The van der Waals surface area contributed by atoms with Gasteiger partial charge in [0.2, 0.25) is 0 Å². The molecule has 0 atom stereocenters. The predicted molar refractivity (Wildman–Crippen MR) is 143 cm³/mol. The Labute approximate surface area is 221 Å². The molecule has 4 aromatic carbocycles. The summed E-state index contributed by atoms with van der Waals surface area (Å²) in [4.78, 5) is 37.0. The Bertz CT molecular complexity index is 1730. The van der Waals surface area contributed by atoms with Gasteiger partial charge in [-0.15, -0.1) is 0 Å². The van der Waals surface area contributed by atoms with Crippen LogP contribution in [-0.2, 0) is 21.5 Å². The zero-order valence-corrected chi connectivity index (χ0v) is 21.1. The topological polar surface area (TPSA) is 124 Å². The Hall–Kier alpha value is -4.48. The first-order valence-electron chi connectivity index (χ1n) is 11.2. The third-order valence-electron chi connectivity index (χ3n) is 5.78. The number of fused-ring (bicyclic) bond motifs is 1. The van der Waals surface area contributed by atoms with Gasteiger partial charge in [0.15, 0.2) is 0 Å². The van der Waals surface area contributed by atoms with Crippen LogP contribution in [-0.4, -0.2) is 29.4 Å². The number of thioether (sulfide) groups is 1. The Morgan fingerprint density at radius 2 is 1.58 bits per heavy atom. The van der Waals surface area contributed by atoms with Crippen LogP contribution in [0.3, 0.4) is 0 Å². The zero-order chi connectivity index (χ0) is 26.9. The highest BCUT2D eigenvalue weighted by Gasteiger charge is 2.35. The Balaban J connectivity index is 1.38. The summed E-state index contributed by atoms with van der Waals surface area (Å²) in [5.74, 6) is -0.562. The van der Waals surface area contributed by atoms with Gasteiger partial charge in [0, 0.05) is 17.7 Å². The maximum absolute atomic E-state index is 13.1. The first-order chi connectivity index (χ1) is 18.2. The first-order valence-corrected chi connectivity index (χ1v) is 13.4. The van der Waals surface area contributed by atoms with Crippen molar-refractivity contribution in [2.45, 2.75) is 11.4 Å². The second-order valence-electron chi connectivity index (χ2n) is 8.28. The van der Waals surface area contributed by atoms with Crippen molar-refractivity contribution in [1.82, 2.24) is 4.90 Å². The quantitative estimate of drug-likeness (QED) is 0.124. The molecule has 0 N–H and O–H groups in total. The number of carbonyl (C=O) groups excluding carboxylic acids is 2. The van der Waals surface area contributed by atoms with E-state index < -0.39 is 26.2 Å². The molecule has 0 spiro atoms. The highest BCUT2D eigenvalue weighted by atomic mass is 32.2. The largest absolute Gasteiger partial charge is 0.378 e. The molecule has 1 aliphatic rings. The minimum absolute atomic E-state index is 0.00262. The van der Waals surface area contributed by atoms with E-state index in [-0.39, 0.29) is 27.8 Å². The Morgan fingerprint density at radius 3 is 2.32 bits per heavy atom. The van der Waals surface area contributed by atoms with Crippen molar-refractivity contribution in [3.63, 3.8) is 0 Å². The van der Waals surface area contributed by atoms with E-state index >= 15 is 0 Å². The van der Waals surface area contributed by atoms with E-state index in [0.717, 1.165) is 15.7 Å². The minimum Gasteiger partial charge on any atom is -0.378 e. The third-order valence-corrected chi connectivity index (χ3v) is 7.91. The molecular formula is C27H18N2O7S2. The van der Waals surface area contributed by atoms with Crippen molar-refractivity contribution < 1.29 is 27.1 Å². The summed E-state index contributed by atoms with van der Waals surface area (Å²) >= 11 is 0.714. The molecule has 190 valence electrons. The van der Waals surface area contributed by atoms with Crippen molar-refractivity contribution >= 4 is 55.6 Å². The summed E-state index contributed by atoms with van der Waals surface area (Å²) in [5, 5.41) is 12.0. The average Bonchev–Trinajstić information content (AvgIpc) is 3.17. The van der Waals surface area contributed by atoms with E-state index in [1.165, 1.54) is 48.5 Å². The molecule has 0 aromatic heterocycles. The molecule has 5 rings (SSSR count). The van der Waals surface area contributed by atoms with Crippen LogP contribution in [0.5, 0.6) is 5.75 Å². The van der Waals surface area contributed by atoms with Gasteiger partial charge >= 0.3 is 10.1 Å². The molecule has 0 aliphatic carbocycles. The molecule has 2 amide bonds. The number of amides is 2. The number of rotatable bonds is 7. The van der Waals surface area contributed by atoms with Gasteiger partial charge in [-0.3, -0.25) is 24.6 Å². The number of carbonyl (C=O) groups is 2. The molecule has 11 heteroatoms. The van der Waals surface area contributed by atoms with E-state index in [2.05, 4.69) is 0 Å². The summed E-state index contributed by atoms with van der Waals surface area (Å²) in [6.07, 6.45) is 1.41. The number of hydrogen-bond acceptors (Lipinski definition) is 8. The smallest absolute Gasteiger partial charge is 0.339 e. The number of hydrogen-bond donors (Lipinski definition) is 0. The lowest BCUT2D eigenvalue weighted by atomic mass is 10.1. The second kappa shape index (κ2) is 10.1. The number of non-ortho nitro benzene ring substituents is 1. The molecule has 4 aromatic rings. The average molecular weight is 547 g/mol. The van der Waals surface area contributed by atoms with Gasteiger partial charge in [-0.1, -0.05) is 60.7 Å². The minimum atomic E-state index is -4.19. The van der Waals surface area contributed by atoms with Crippen LogP contribution in [0, 0.1) is 10.1 Å². The van der Waals surface area contributed by atoms with E-state index in [9.17, 15) is 28.1 Å². The van der Waals surface area contributed by atoms with Gasteiger partial charge in [0.25, 0.3) is 16.8 Å². The van der Waals surface area contributed by atoms with Gasteiger partial charge in [0.1, 0.15) is 10.6 Å². The molecule has 1 saturated heterocycles. The lowest BCUT2D eigenvalue weighted by Crippen LogP contribution is -2.27. The summed E-state index contributed by atoms with van der Waals surface area (Å²) in [6.45, 7) is -0.0610. The molecule has 9 nitrogen and oxygen atoms in total. The number of imide groups is 1. The van der Waals surface area contributed by atoms with Crippen LogP contribution < -0.4 is 4.18 Å². The third kappa shape index (κ3) is 5.15. The van der Waals surface area contributed by atoms with Crippen LogP contribution in [0.1, 0.15) is 11.1 Å². The number of nitro groups is 1. The van der Waals surface area contributed by atoms with Crippen LogP contribution in [0.2, 0.25) is 0 Å². The SMILES string of the molecule is O=C1S/C(=C\c2ccccc2OS(=O)(=O)c2ccc3ccccc3c2)C(=O)N1Cc1ccc([N+](=O)[O-])cc1. The van der Waals surface area contributed by atoms with E-state index in [1.807, 2.05) is 18.2 Å². The molecule has 0 unspecified atom stereocenters. The molecule has 0 bridgehead atoms. The van der Waals surface area contributed by atoms with Crippen molar-refractivity contribution in [2.24, 2.45) is 0 Å². The number of para-hydroxylation sites is 1. The number of nitrogens with zero attached hydrogens (tertiary/aromatic N) is 2. The van der Waals surface area contributed by atoms with Crippen molar-refractivity contribution in [1.29, 1.82) is 0 Å². The fraction of sp³-hybridized carbons (Fsp3) is 0.0370.